The van der Waals surface area contributed by atoms with Crippen LogP contribution in [-0.2, 0) is 12.0 Å². The van der Waals surface area contributed by atoms with Crippen LogP contribution in [0.3, 0.4) is 0 Å². The second-order valence-corrected chi connectivity index (χ2v) is 4.59. The maximum atomic E-state index is 5.42. The highest BCUT2D eigenvalue weighted by Crippen LogP contribution is 2.32. The number of nitrogens with one attached hydrogen (secondary N) is 1. The molecule has 0 radical (unpaired) electrons. The van der Waals surface area contributed by atoms with Gasteiger partial charge in [-0.1, -0.05) is 25.4 Å². The smallest absolute Gasteiger partial charge is 0.246 e. The number of hydrogen-bond acceptors (Lipinski definition) is 4. The van der Waals surface area contributed by atoms with E-state index in [1.54, 1.807) is 0 Å². The molecule has 1 fully saturated rings. The summed E-state index contributed by atoms with van der Waals surface area (Å²) in [5.41, 5.74) is -0.0442. The van der Waals surface area contributed by atoms with Crippen molar-refractivity contribution >= 4 is 0 Å². The highest BCUT2D eigenvalue weighted by Gasteiger charge is 2.38. The van der Waals surface area contributed by atoms with Crippen LogP contribution in [0.2, 0.25) is 0 Å². The molecule has 1 N–H and O–H groups in total. The van der Waals surface area contributed by atoms with Gasteiger partial charge in [-0.05, 0) is 32.2 Å². The fourth-order valence-corrected chi connectivity index (χ4v) is 2.33. The summed E-state index contributed by atoms with van der Waals surface area (Å²) in [5, 5.41) is 7.57. The molecule has 1 aliphatic rings. The molecule has 0 aromatic carbocycles. The number of rotatable bonds is 5. The van der Waals surface area contributed by atoms with E-state index < -0.39 is 0 Å². The Balaban J connectivity index is 2.10. The van der Waals surface area contributed by atoms with Crippen LogP contribution in [-0.4, -0.2) is 16.7 Å². The van der Waals surface area contributed by atoms with Crippen molar-refractivity contribution in [2.24, 2.45) is 0 Å². The van der Waals surface area contributed by atoms with E-state index in [0.717, 1.165) is 43.9 Å². The average Bonchev–Trinajstić information content (AvgIpc) is 2.95. The molecule has 1 atom stereocenters. The molecule has 1 aromatic heterocycles. The van der Waals surface area contributed by atoms with Crippen molar-refractivity contribution in [1.82, 2.24) is 15.5 Å². The molecule has 0 bridgehead atoms. The van der Waals surface area contributed by atoms with Crippen LogP contribution in [0.4, 0.5) is 0 Å². The molecule has 16 heavy (non-hydrogen) atoms. The van der Waals surface area contributed by atoms with E-state index in [1.807, 2.05) is 0 Å². The van der Waals surface area contributed by atoms with Crippen LogP contribution in [0.15, 0.2) is 4.52 Å². The Morgan fingerprint density at radius 3 is 2.94 bits per heavy atom. The second-order valence-electron chi connectivity index (χ2n) is 4.59. The van der Waals surface area contributed by atoms with E-state index >= 15 is 0 Å². The lowest BCUT2D eigenvalue weighted by Crippen LogP contribution is -2.36. The van der Waals surface area contributed by atoms with E-state index in [-0.39, 0.29) is 5.54 Å². The van der Waals surface area contributed by atoms with E-state index in [2.05, 4.69) is 29.3 Å². The Morgan fingerprint density at radius 1 is 1.44 bits per heavy atom. The van der Waals surface area contributed by atoms with Crippen molar-refractivity contribution < 1.29 is 4.52 Å². The van der Waals surface area contributed by atoms with Gasteiger partial charge in [0.15, 0.2) is 5.82 Å². The summed E-state index contributed by atoms with van der Waals surface area (Å²) < 4.78 is 5.42. The highest BCUT2D eigenvalue weighted by atomic mass is 16.5. The molecule has 1 aromatic rings. The van der Waals surface area contributed by atoms with Crippen molar-refractivity contribution in [3.63, 3.8) is 0 Å². The predicted molar refractivity (Wildman–Crippen MR) is 62.1 cm³/mol. The second kappa shape index (κ2) is 4.95. The number of hydrogen-bond donors (Lipinski definition) is 1. The largest absolute Gasteiger partial charge is 0.337 e. The summed E-state index contributed by atoms with van der Waals surface area (Å²) >= 11 is 0. The molecule has 1 unspecified atom stereocenters. The van der Waals surface area contributed by atoms with Gasteiger partial charge < -0.3 is 9.84 Å². The first-order valence-corrected chi connectivity index (χ1v) is 6.39. The number of aryl methyl sites for hydroxylation is 1. The van der Waals surface area contributed by atoms with Gasteiger partial charge >= 0.3 is 0 Å². The monoisotopic (exact) mass is 223 g/mol. The van der Waals surface area contributed by atoms with Crippen LogP contribution in [0.1, 0.15) is 57.7 Å². The van der Waals surface area contributed by atoms with Gasteiger partial charge in [-0.2, -0.15) is 4.98 Å². The standard InChI is InChI=1S/C12H21N3O/c1-3-5-7-10-14-11(16-15-10)12(4-2)8-6-9-13-12/h13H,3-9H2,1-2H3. The third kappa shape index (κ3) is 2.12. The van der Waals surface area contributed by atoms with Crippen molar-refractivity contribution in [2.75, 3.05) is 6.54 Å². The lowest BCUT2D eigenvalue weighted by Gasteiger charge is -2.22. The van der Waals surface area contributed by atoms with E-state index in [4.69, 9.17) is 4.52 Å². The summed E-state index contributed by atoms with van der Waals surface area (Å²) in [6.07, 6.45) is 6.55. The zero-order valence-corrected chi connectivity index (χ0v) is 10.3. The van der Waals surface area contributed by atoms with Crippen molar-refractivity contribution in [2.45, 2.75) is 57.9 Å². The molecule has 0 spiro atoms. The first-order valence-electron chi connectivity index (χ1n) is 6.39. The number of aromatic nitrogens is 2. The summed E-state index contributed by atoms with van der Waals surface area (Å²) in [7, 11) is 0. The normalized spacial score (nSPS) is 25.1. The summed E-state index contributed by atoms with van der Waals surface area (Å²) in [5.74, 6) is 1.65. The van der Waals surface area contributed by atoms with Gasteiger partial charge in [0.2, 0.25) is 5.89 Å². The molecule has 4 heteroatoms. The lowest BCUT2D eigenvalue weighted by molar-refractivity contribution is 0.249. The average molecular weight is 223 g/mol. The molecular formula is C12H21N3O. The molecule has 2 rings (SSSR count). The summed E-state index contributed by atoms with van der Waals surface area (Å²) in [6, 6.07) is 0. The van der Waals surface area contributed by atoms with Crippen molar-refractivity contribution in [3.05, 3.63) is 11.7 Å². The molecule has 4 nitrogen and oxygen atoms in total. The molecule has 0 aliphatic carbocycles. The van der Waals surface area contributed by atoms with E-state index in [0.29, 0.717) is 0 Å². The van der Waals surface area contributed by atoms with Gasteiger partial charge in [-0.15, -0.1) is 0 Å². The zero-order valence-electron chi connectivity index (χ0n) is 10.3. The fraction of sp³-hybridized carbons (Fsp3) is 0.833. The maximum absolute atomic E-state index is 5.42. The number of unbranched alkanes of at least 4 members (excludes halogenated alkanes) is 1. The van der Waals surface area contributed by atoms with Crippen LogP contribution >= 0.6 is 0 Å². The van der Waals surface area contributed by atoms with Crippen LogP contribution in [0.25, 0.3) is 0 Å². The number of nitrogens with zero attached hydrogens (tertiary/aromatic N) is 2. The Hall–Kier alpha value is -0.900. The van der Waals surface area contributed by atoms with Gasteiger partial charge in [0.1, 0.15) is 0 Å². The third-order valence-electron chi connectivity index (χ3n) is 3.48. The van der Waals surface area contributed by atoms with Gasteiger partial charge in [-0.25, -0.2) is 0 Å². The highest BCUT2D eigenvalue weighted by molar-refractivity contribution is 5.06. The third-order valence-corrected chi connectivity index (χ3v) is 3.48. The Morgan fingerprint density at radius 2 is 2.31 bits per heavy atom. The van der Waals surface area contributed by atoms with Gasteiger partial charge in [0, 0.05) is 6.42 Å². The first-order chi connectivity index (χ1) is 7.80. The van der Waals surface area contributed by atoms with E-state index in [9.17, 15) is 0 Å². The minimum absolute atomic E-state index is 0.0442. The van der Waals surface area contributed by atoms with Crippen molar-refractivity contribution in [1.29, 1.82) is 0 Å². The predicted octanol–water partition coefficient (Wildman–Crippen LogP) is 2.40. The topological polar surface area (TPSA) is 51.0 Å². The minimum Gasteiger partial charge on any atom is -0.337 e. The van der Waals surface area contributed by atoms with Crippen LogP contribution in [0, 0.1) is 0 Å². The van der Waals surface area contributed by atoms with Crippen LogP contribution < -0.4 is 5.32 Å². The SMILES string of the molecule is CCCCc1noc(C2(CC)CCCN2)n1. The lowest BCUT2D eigenvalue weighted by atomic mass is 9.94. The molecule has 2 heterocycles. The molecule has 1 saturated heterocycles. The summed E-state index contributed by atoms with van der Waals surface area (Å²) in [6.45, 7) is 5.40. The zero-order chi connectivity index (χ0) is 11.4. The molecule has 1 aliphatic heterocycles. The quantitative estimate of drug-likeness (QED) is 0.832. The van der Waals surface area contributed by atoms with Gasteiger partial charge in [0.25, 0.3) is 0 Å². The minimum atomic E-state index is -0.0442. The summed E-state index contributed by atoms with van der Waals surface area (Å²) in [4.78, 5) is 4.53. The first kappa shape index (κ1) is 11.6. The molecule has 0 saturated carbocycles. The van der Waals surface area contributed by atoms with Crippen molar-refractivity contribution in [3.8, 4) is 0 Å². The van der Waals surface area contributed by atoms with Crippen LogP contribution in [0.5, 0.6) is 0 Å². The Labute approximate surface area is 96.8 Å². The fourth-order valence-electron chi connectivity index (χ4n) is 2.33. The van der Waals surface area contributed by atoms with E-state index in [1.165, 1.54) is 12.8 Å². The Kier molecular flexibility index (Phi) is 3.59. The Bertz CT molecular complexity index is 329. The molecular weight excluding hydrogens is 202 g/mol. The molecule has 90 valence electrons. The maximum Gasteiger partial charge on any atom is 0.246 e. The van der Waals surface area contributed by atoms with Gasteiger partial charge in [0.05, 0.1) is 5.54 Å². The molecule has 0 amide bonds. The van der Waals surface area contributed by atoms with Gasteiger partial charge in [-0.3, -0.25) is 0 Å².